The number of ketones is 2. The first-order valence-electron chi connectivity index (χ1n) is 12.9. The molecule has 0 radical (unpaired) electrons. The first-order valence-corrected chi connectivity index (χ1v) is 12.9. The van der Waals surface area contributed by atoms with Crippen LogP contribution < -0.4 is 14.2 Å². The Kier molecular flexibility index (Phi) is 10.4. The van der Waals surface area contributed by atoms with Crippen LogP contribution in [0.25, 0.3) is 12.2 Å². The number of hydrogen-bond donors (Lipinski definition) is 1. The maximum absolute atomic E-state index is 12.4. The molecule has 0 aliphatic heterocycles. The topological polar surface area (TPSA) is 142 Å². The quantitative estimate of drug-likeness (QED) is 0.109. The molecule has 0 aliphatic rings. The molecular formula is C33H26N2O8. The van der Waals surface area contributed by atoms with E-state index in [1.807, 2.05) is 0 Å². The van der Waals surface area contributed by atoms with Crippen molar-refractivity contribution in [2.24, 2.45) is 0 Å². The fourth-order valence-electron chi connectivity index (χ4n) is 3.75. The molecule has 4 rings (SSSR count). The monoisotopic (exact) mass is 578 g/mol. The van der Waals surface area contributed by atoms with Gasteiger partial charge in [-0.15, -0.1) is 0 Å². The number of nitrogens with zero attached hydrogens (tertiary/aromatic N) is 2. The van der Waals surface area contributed by atoms with E-state index in [0.29, 0.717) is 16.7 Å². The molecule has 1 N–H and O–H groups in total. The minimum absolute atomic E-state index is 0.177. The van der Waals surface area contributed by atoms with Crippen LogP contribution in [-0.4, -0.2) is 45.7 Å². The lowest BCUT2D eigenvalue weighted by Crippen LogP contribution is -2.10. The summed E-state index contributed by atoms with van der Waals surface area (Å²) in [7, 11) is 1.42. The Bertz CT molecular complexity index is 1560. The SMILES string of the molecule is COc1cc(/C=C/C(=O)CC(=O)/C=C/c2ccc(OC(=O)c3cccnc3)c(CO)c2)ccc1OC(=O)c1cccnc1. The number of allylic oxidation sites excluding steroid dienone is 2. The van der Waals surface area contributed by atoms with Crippen LogP contribution in [0.1, 0.15) is 43.8 Å². The van der Waals surface area contributed by atoms with Crippen LogP contribution in [0.5, 0.6) is 17.2 Å². The number of benzene rings is 2. The predicted molar refractivity (Wildman–Crippen MR) is 156 cm³/mol. The van der Waals surface area contributed by atoms with Crippen molar-refractivity contribution < 1.29 is 38.5 Å². The molecule has 0 spiro atoms. The minimum atomic E-state index is -0.619. The number of carbonyl (C=O) groups excluding carboxylic acids is 4. The Morgan fingerprint density at radius 3 is 1.77 bits per heavy atom. The summed E-state index contributed by atoms with van der Waals surface area (Å²) in [6, 6.07) is 15.8. The van der Waals surface area contributed by atoms with Crippen molar-refractivity contribution in [1.29, 1.82) is 0 Å². The summed E-state index contributed by atoms with van der Waals surface area (Å²) in [6.07, 6.45) is 11.0. The molecule has 4 aromatic rings. The second-order valence-electron chi connectivity index (χ2n) is 8.97. The Morgan fingerprint density at radius 1 is 0.721 bits per heavy atom. The molecular weight excluding hydrogens is 552 g/mol. The number of aromatic nitrogens is 2. The molecule has 0 bridgehead atoms. The molecule has 2 heterocycles. The number of hydrogen-bond acceptors (Lipinski definition) is 10. The maximum atomic E-state index is 12.4. The van der Waals surface area contributed by atoms with E-state index < -0.39 is 30.1 Å². The molecule has 0 amide bonds. The number of ether oxygens (including phenoxy) is 3. The van der Waals surface area contributed by atoms with Gasteiger partial charge in [-0.05, 0) is 71.8 Å². The van der Waals surface area contributed by atoms with Crippen LogP contribution in [0.15, 0.2) is 97.6 Å². The third-order valence-corrected chi connectivity index (χ3v) is 5.91. The zero-order valence-corrected chi connectivity index (χ0v) is 23.0. The third-order valence-electron chi connectivity index (χ3n) is 5.91. The van der Waals surface area contributed by atoms with Gasteiger partial charge in [-0.2, -0.15) is 0 Å². The lowest BCUT2D eigenvalue weighted by Gasteiger charge is -2.10. The Hall–Kier alpha value is -5.74. The van der Waals surface area contributed by atoms with Gasteiger partial charge in [-0.25, -0.2) is 9.59 Å². The zero-order valence-electron chi connectivity index (χ0n) is 23.0. The molecule has 10 nitrogen and oxygen atoms in total. The Morgan fingerprint density at radius 2 is 1.26 bits per heavy atom. The molecule has 0 saturated heterocycles. The van der Waals surface area contributed by atoms with Crippen LogP contribution in [-0.2, 0) is 16.2 Å². The van der Waals surface area contributed by atoms with Crippen molar-refractivity contribution in [3.05, 3.63) is 125 Å². The van der Waals surface area contributed by atoms with Gasteiger partial charge in [0.25, 0.3) is 0 Å². The summed E-state index contributed by atoms with van der Waals surface area (Å²) < 4.78 is 16.1. The highest BCUT2D eigenvalue weighted by molar-refractivity contribution is 6.11. The van der Waals surface area contributed by atoms with E-state index in [0.717, 1.165) is 0 Å². The van der Waals surface area contributed by atoms with Crippen LogP contribution in [0.4, 0.5) is 0 Å². The van der Waals surface area contributed by atoms with E-state index in [4.69, 9.17) is 14.2 Å². The van der Waals surface area contributed by atoms with Gasteiger partial charge in [0.1, 0.15) is 5.75 Å². The van der Waals surface area contributed by atoms with Gasteiger partial charge in [0, 0.05) is 30.4 Å². The number of methoxy groups -OCH3 is 1. The lowest BCUT2D eigenvalue weighted by atomic mass is 10.1. The zero-order chi connectivity index (χ0) is 30.6. The van der Waals surface area contributed by atoms with E-state index >= 15 is 0 Å². The Labute approximate surface area is 246 Å². The minimum Gasteiger partial charge on any atom is -0.493 e. The highest BCUT2D eigenvalue weighted by Gasteiger charge is 2.14. The molecule has 0 aliphatic carbocycles. The number of pyridine rings is 2. The first kappa shape index (κ1) is 30.2. The van der Waals surface area contributed by atoms with Gasteiger partial charge in [-0.3, -0.25) is 19.6 Å². The molecule has 10 heteroatoms. The molecule has 216 valence electrons. The van der Waals surface area contributed by atoms with Crippen molar-refractivity contribution in [3.63, 3.8) is 0 Å². The van der Waals surface area contributed by atoms with E-state index in [1.165, 1.54) is 62.1 Å². The van der Waals surface area contributed by atoms with Crippen LogP contribution in [0.3, 0.4) is 0 Å². The fraction of sp³-hybridized carbons (Fsp3) is 0.0909. The summed E-state index contributed by atoms with van der Waals surface area (Å²) in [5.41, 5.74) is 2.05. The third kappa shape index (κ3) is 8.62. The molecule has 0 saturated carbocycles. The second kappa shape index (κ2) is 14.8. The summed E-state index contributed by atoms with van der Waals surface area (Å²) in [6.45, 7) is -0.396. The average molecular weight is 579 g/mol. The van der Waals surface area contributed by atoms with Gasteiger partial charge < -0.3 is 19.3 Å². The smallest absolute Gasteiger partial charge is 0.345 e. The molecule has 43 heavy (non-hydrogen) atoms. The molecule has 0 atom stereocenters. The predicted octanol–water partition coefficient (Wildman–Crippen LogP) is 4.67. The van der Waals surface area contributed by atoms with Gasteiger partial charge in [0.15, 0.2) is 23.1 Å². The molecule has 0 fully saturated rings. The van der Waals surface area contributed by atoms with E-state index in [-0.39, 0.29) is 34.8 Å². The summed E-state index contributed by atoms with van der Waals surface area (Å²) in [5, 5.41) is 9.73. The molecule has 2 aromatic heterocycles. The summed E-state index contributed by atoms with van der Waals surface area (Å²) >= 11 is 0. The number of carbonyl (C=O) groups is 4. The standard InChI is InChI=1S/C33H26N2O8/c1-41-31-17-23(9-13-30(31)43-33(40)25-5-3-15-35-20-25)7-11-28(38)18-27(37)10-6-22-8-12-29(26(16-22)21-36)42-32(39)24-4-2-14-34-19-24/h2-17,19-20,36H,18,21H2,1H3/b10-6+,11-7+. The average Bonchev–Trinajstić information content (AvgIpc) is 3.04. The molecule has 0 unspecified atom stereocenters. The molecule has 2 aromatic carbocycles. The van der Waals surface area contributed by atoms with Crippen LogP contribution in [0.2, 0.25) is 0 Å². The second-order valence-corrected chi connectivity index (χ2v) is 8.97. The number of rotatable bonds is 12. The summed E-state index contributed by atoms with van der Waals surface area (Å²) in [4.78, 5) is 57.2. The van der Waals surface area contributed by atoms with E-state index in [9.17, 15) is 24.3 Å². The number of aliphatic hydroxyl groups is 1. The fourth-order valence-corrected chi connectivity index (χ4v) is 3.75. The van der Waals surface area contributed by atoms with Crippen molar-refractivity contribution in [2.75, 3.05) is 7.11 Å². The first-order chi connectivity index (χ1) is 20.9. The highest BCUT2D eigenvalue weighted by atomic mass is 16.6. The number of esters is 2. The summed E-state index contributed by atoms with van der Waals surface area (Å²) in [5.74, 6) is -1.40. The lowest BCUT2D eigenvalue weighted by molar-refractivity contribution is -0.121. The van der Waals surface area contributed by atoms with Crippen molar-refractivity contribution in [3.8, 4) is 17.2 Å². The maximum Gasteiger partial charge on any atom is 0.345 e. The van der Waals surface area contributed by atoms with Crippen LogP contribution in [0, 0.1) is 0 Å². The van der Waals surface area contributed by atoms with Gasteiger partial charge in [0.2, 0.25) is 0 Å². The van der Waals surface area contributed by atoms with Crippen molar-refractivity contribution in [1.82, 2.24) is 9.97 Å². The highest BCUT2D eigenvalue weighted by Crippen LogP contribution is 2.29. The Balaban J connectivity index is 1.33. The van der Waals surface area contributed by atoms with Gasteiger partial charge >= 0.3 is 11.9 Å². The van der Waals surface area contributed by atoms with Gasteiger partial charge in [0.05, 0.1) is 31.3 Å². The van der Waals surface area contributed by atoms with Gasteiger partial charge in [-0.1, -0.05) is 24.3 Å². The number of aliphatic hydroxyl groups excluding tert-OH is 1. The van der Waals surface area contributed by atoms with E-state index in [1.54, 1.807) is 54.7 Å². The van der Waals surface area contributed by atoms with Crippen LogP contribution >= 0.6 is 0 Å². The van der Waals surface area contributed by atoms with Crippen molar-refractivity contribution in [2.45, 2.75) is 13.0 Å². The normalized spacial score (nSPS) is 10.9. The largest absolute Gasteiger partial charge is 0.493 e. The van der Waals surface area contributed by atoms with Crippen molar-refractivity contribution >= 4 is 35.7 Å². The van der Waals surface area contributed by atoms with E-state index in [2.05, 4.69) is 9.97 Å².